The lowest BCUT2D eigenvalue weighted by Gasteiger charge is -2.16. The van der Waals surface area contributed by atoms with Gasteiger partial charge in [-0.25, -0.2) is 18.9 Å². The Hall–Kier alpha value is -2.77. The Labute approximate surface area is 144 Å². The topological polar surface area (TPSA) is 97.1 Å². The fourth-order valence-corrected chi connectivity index (χ4v) is 2.31. The molecule has 0 saturated heterocycles. The van der Waals surface area contributed by atoms with E-state index in [1.807, 2.05) is 13.8 Å². The average Bonchev–Trinajstić information content (AvgIpc) is 2.97. The van der Waals surface area contributed by atoms with Crippen molar-refractivity contribution in [3.63, 3.8) is 0 Å². The molecule has 2 rings (SSSR count). The predicted octanol–water partition coefficient (Wildman–Crippen LogP) is 2.37. The molecule has 1 heterocycles. The van der Waals surface area contributed by atoms with Crippen LogP contribution in [-0.2, 0) is 4.79 Å². The number of carboxylic acids is 1. The number of hydrogen-bond acceptors (Lipinski definition) is 4. The summed E-state index contributed by atoms with van der Waals surface area (Å²) in [5.74, 6) is -2.28. The van der Waals surface area contributed by atoms with E-state index in [2.05, 4.69) is 15.4 Å². The van der Waals surface area contributed by atoms with Gasteiger partial charge in [0.25, 0.3) is 5.91 Å². The summed E-state index contributed by atoms with van der Waals surface area (Å²) in [5.41, 5.74) is 0.439. The third kappa shape index (κ3) is 4.20. The average molecular weight is 348 g/mol. The smallest absolute Gasteiger partial charge is 0.326 e. The fraction of sp³-hybridized carbons (Fsp3) is 0.412. The second-order valence-electron chi connectivity index (χ2n) is 6.37. The summed E-state index contributed by atoms with van der Waals surface area (Å²) >= 11 is 0. The molecule has 8 heteroatoms. The molecule has 0 bridgehead atoms. The number of amides is 1. The largest absolute Gasteiger partial charge is 0.480 e. The van der Waals surface area contributed by atoms with E-state index in [4.69, 9.17) is 0 Å². The quantitative estimate of drug-likeness (QED) is 0.835. The number of hydrogen-bond donors (Lipinski definition) is 2. The number of aromatic nitrogens is 3. The molecule has 1 aromatic heterocycles. The normalized spacial score (nSPS) is 12.4. The first kappa shape index (κ1) is 18.6. The van der Waals surface area contributed by atoms with Crippen LogP contribution in [0.1, 0.15) is 50.1 Å². The second-order valence-corrected chi connectivity index (χ2v) is 6.37. The Bertz CT molecular complexity index is 786. The summed E-state index contributed by atoms with van der Waals surface area (Å²) in [4.78, 5) is 27.8. The molecular formula is C17H21FN4O3. The Morgan fingerprint density at radius 3 is 2.44 bits per heavy atom. The lowest BCUT2D eigenvalue weighted by atomic mass is 10.0. The minimum atomic E-state index is -1.13. The van der Waals surface area contributed by atoms with Crippen molar-refractivity contribution in [3.8, 4) is 5.69 Å². The van der Waals surface area contributed by atoms with Crippen molar-refractivity contribution in [2.75, 3.05) is 0 Å². The van der Waals surface area contributed by atoms with Gasteiger partial charge in [0, 0.05) is 5.92 Å². The van der Waals surface area contributed by atoms with Gasteiger partial charge in [-0.3, -0.25) is 4.79 Å². The van der Waals surface area contributed by atoms with E-state index < -0.39 is 23.7 Å². The van der Waals surface area contributed by atoms with E-state index >= 15 is 0 Å². The highest BCUT2D eigenvalue weighted by atomic mass is 19.1. The van der Waals surface area contributed by atoms with E-state index in [1.165, 1.54) is 22.9 Å². The van der Waals surface area contributed by atoms with Crippen molar-refractivity contribution >= 4 is 11.9 Å². The molecule has 2 N–H and O–H groups in total. The van der Waals surface area contributed by atoms with Crippen molar-refractivity contribution in [2.45, 2.75) is 39.7 Å². The summed E-state index contributed by atoms with van der Waals surface area (Å²) in [6, 6.07) is 4.74. The van der Waals surface area contributed by atoms with Crippen LogP contribution in [0.4, 0.5) is 4.39 Å². The number of carbonyl (C=O) groups excluding carboxylic acids is 1. The maximum absolute atomic E-state index is 13.5. The SMILES string of the molecule is CC(C)c1nc(C(=O)N[C@H](C(=O)O)C(C)C)nn1-c1cccc(F)c1. The monoisotopic (exact) mass is 348 g/mol. The number of nitrogens with one attached hydrogen (secondary N) is 1. The van der Waals surface area contributed by atoms with Crippen molar-refractivity contribution in [2.24, 2.45) is 5.92 Å². The van der Waals surface area contributed by atoms with Crippen LogP contribution in [-0.4, -0.2) is 37.8 Å². The first-order valence-electron chi connectivity index (χ1n) is 7.97. The molecule has 134 valence electrons. The maximum Gasteiger partial charge on any atom is 0.326 e. The van der Waals surface area contributed by atoms with Crippen LogP contribution in [0.5, 0.6) is 0 Å². The molecule has 1 atom stereocenters. The number of aliphatic carboxylic acids is 1. The minimum Gasteiger partial charge on any atom is -0.480 e. The Balaban J connectivity index is 2.38. The van der Waals surface area contributed by atoms with E-state index in [1.54, 1.807) is 19.9 Å². The van der Waals surface area contributed by atoms with Crippen LogP contribution in [0.2, 0.25) is 0 Å². The lowest BCUT2D eigenvalue weighted by Crippen LogP contribution is -2.44. The molecule has 1 aromatic carbocycles. The van der Waals surface area contributed by atoms with Crippen LogP contribution in [0, 0.1) is 11.7 Å². The summed E-state index contributed by atoms with van der Waals surface area (Å²) < 4.78 is 14.9. The van der Waals surface area contributed by atoms with Gasteiger partial charge >= 0.3 is 5.97 Å². The van der Waals surface area contributed by atoms with E-state index in [0.29, 0.717) is 11.5 Å². The van der Waals surface area contributed by atoms with E-state index in [-0.39, 0.29) is 17.7 Å². The number of carboxylic acid groups (broad SMARTS) is 1. The van der Waals surface area contributed by atoms with Gasteiger partial charge in [-0.1, -0.05) is 33.8 Å². The standard InChI is InChI=1S/C17H21FN4O3/c1-9(2)13(17(24)25)19-16(23)14-20-15(10(3)4)22(21-14)12-7-5-6-11(18)8-12/h5-10,13H,1-4H3,(H,19,23)(H,24,25)/t13-/m0/s1. The molecule has 0 radical (unpaired) electrons. The Morgan fingerprint density at radius 2 is 1.92 bits per heavy atom. The first-order valence-corrected chi connectivity index (χ1v) is 7.97. The molecular weight excluding hydrogens is 327 g/mol. The highest BCUT2D eigenvalue weighted by Crippen LogP contribution is 2.18. The summed E-state index contributed by atoms with van der Waals surface area (Å²) in [7, 11) is 0. The fourth-order valence-electron chi connectivity index (χ4n) is 2.31. The van der Waals surface area contributed by atoms with Gasteiger partial charge in [-0.2, -0.15) is 0 Å². The molecule has 0 saturated carbocycles. The molecule has 0 fully saturated rings. The van der Waals surface area contributed by atoms with Crippen LogP contribution in [0.15, 0.2) is 24.3 Å². The lowest BCUT2D eigenvalue weighted by molar-refractivity contribution is -0.140. The highest BCUT2D eigenvalue weighted by molar-refractivity contribution is 5.93. The number of carbonyl (C=O) groups is 2. The van der Waals surface area contributed by atoms with Crippen molar-refractivity contribution in [3.05, 3.63) is 41.7 Å². The number of benzene rings is 1. The molecule has 0 unspecified atom stereocenters. The van der Waals surface area contributed by atoms with Crippen molar-refractivity contribution in [1.82, 2.24) is 20.1 Å². The van der Waals surface area contributed by atoms with Gasteiger partial charge in [0.05, 0.1) is 5.69 Å². The summed E-state index contributed by atoms with van der Waals surface area (Å²) in [5, 5.41) is 15.8. The second kappa shape index (κ2) is 7.42. The molecule has 7 nitrogen and oxygen atoms in total. The van der Waals surface area contributed by atoms with Gasteiger partial charge in [0.1, 0.15) is 17.7 Å². The zero-order valence-electron chi connectivity index (χ0n) is 14.5. The van der Waals surface area contributed by atoms with Crippen LogP contribution in [0.3, 0.4) is 0 Å². The van der Waals surface area contributed by atoms with E-state index in [9.17, 15) is 19.1 Å². The zero-order valence-corrected chi connectivity index (χ0v) is 14.5. The van der Waals surface area contributed by atoms with Crippen molar-refractivity contribution < 1.29 is 19.1 Å². The Kier molecular flexibility index (Phi) is 5.51. The highest BCUT2D eigenvalue weighted by Gasteiger charge is 2.27. The van der Waals surface area contributed by atoms with Crippen LogP contribution >= 0.6 is 0 Å². The third-order valence-corrected chi connectivity index (χ3v) is 3.62. The maximum atomic E-state index is 13.5. The molecule has 0 aliphatic heterocycles. The third-order valence-electron chi connectivity index (χ3n) is 3.62. The minimum absolute atomic E-state index is 0.0716. The molecule has 0 aliphatic carbocycles. The molecule has 1 amide bonds. The predicted molar refractivity (Wildman–Crippen MR) is 89.1 cm³/mol. The van der Waals surface area contributed by atoms with Crippen LogP contribution in [0.25, 0.3) is 5.69 Å². The van der Waals surface area contributed by atoms with Gasteiger partial charge in [-0.15, -0.1) is 5.10 Å². The number of halogens is 1. The summed E-state index contributed by atoms with van der Waals surface area (Å²) in [6.45, 7) is 7.13. The number of rotatable bonds is 6. The first-order chi connectivity index (χ1) is 11.7. The Morgan fingerprint density at radius 1 is 1.24 bits per heavy atom. The van der Waals surface area contributed by atoms with Crippen molar-refractivity contribution in [1.29, 1.82) is 0 Å². The van der Waals surface area contributed by atoms with Gasteiger partial charge in [0.15, 0.2) is 0 Å². The van der Waals surface area contributed by atoms with Gasteiger partial charge in [0.2, 0.25) is 5.82 Å². The molecule has 0 aliphatic rings. The van der Waals surface area contributed by atoms with Gasteiger partial charge in [-0.05, 0) is 24.1 Å². The summed E-state index contributed by atoms with van der Waals surface area (Å²) in [6.07, 6.45) is 0. The molecule has 2 aromatic rings. The zero-order chi connectivity index (χ0) is 18.7. The number of nitrogens with zero attached hydrogens (tertiary/aromatic N) is 3. The molecule has 25 heavy (non-hydrogen) atoms. The van der Waals surface area contributed by atoms with Gasteiger partial charge < -0.3 is 10.4 Å². The van der Waals surface area contributed by atoms with Crippen LogP contribution < -0.4 is 5.32 Å². The molecule has 0 spiro atoms. The van der Waals surface area contributed by atoms with E-state index in [0.717, 1.165) is 0 Å².